The molecule has 0 bridgehead atoms. The minimum Gasteiger partial charge on any atom is -0.378 e. The Morgan fingerprint density at radius 3 is 2.50 bits per heavy atom. The predicted octanol–water partition coefficient (Wildman–Crippen LogP) is 6.47. The predicted molar refractivity (Wildman–Crippen MR) is 94.3 cm³/mol. The van der Waals surface area contributed by atoms with E-state index in [1.165, 1.54) is 5.56 Å². The molecule has 1 N–H and O–H groups in total. The van der Waals surface area contributed by atoms with Crippen molar-refractivity contribution in [3.63, 3.8) is 0 Å². The second kappa shape index (κ2) is 5.49. The molecule has 0 amide bonds. The lowest BCUT2D eigenvalue weighted by molar-refractivity contribution is 0.426. The average molecular weight is 351 g/mol. The van der Waals surface area contributed by atoms with Crippen LogP contribution < -0.4 is 5.32 Å². The lowest BCUT2D eigenvalue weighted by Gasteiger charge is -2.38. The molecule has 112 valence electrons. The quantitative estimate of drug-likeness (QED) is 0.581. The molecule has 3 atom stereocenters. The highest BCUT2D eigenvalue weighted by atomic mass is 35.5. The first-order valence-corrected chi connectivity index (χ1v) is 8.44. The highest BCUT2D eigenvalue weighted by Gasteiger charge is 2.39. The summed E-state index contributed by atoms with van der Waals surface area (Å²) in [4.78, 5) is 0. The van der Waals surface area contributed by atoms with Crippen LogP contribution in [0.2, 0.25) is 15.1 Å². The highest BCUT2D eigenvalue weighted by Crippen LogP contribution is 2.52. The van der Waals surface area contributed by atoms with E-state index in [1.54, 1.807) is 0 Å². The van der Waals surface area contributed by atoms with E-state index in [1.807, 2.05) is 24.3 Å². The molecule has 0 radical (unpaired) electrons. The van der Waals surface area contributed by atoms with Crippen molar-refractivity contribution in [1.82, 2.24) is 0 Å². The van der Waals surface area contributed by atoms with Crippen LogP contribution in [0.25, 0.3) is 0 Å². The van der Waals surface area contributed by atoms with Gasteiger partial charge >= 0.3 is 0 Å². The van der Waals surface area contributed by atoms with Gasteiger partial charge in [-0.2, -0.15) is 0 Å². The Labute approximate surface area is 144 Å². The summed E-state index contributed by atoms with van der Waals surface area (Å²) in [7, 11) is 0. The van der Waals surface area contributed by atoms with Crippen LogP contribution in [0.5, 0.6) is 0 Å². The van der Waals surface area contributed by atoms with Gasteiger partial charge in [0.2, 0.25) is 0 Å². The maximum absolute atomic E-state index is 6.45. The van der Waals surface area contributed by atoms with Crippen LogP contribution in [0.15, 0.2) is 48.6 Å². The second-order valence-corrected chi connectivity index (χ2v) is 7.16. The average Bonchev–Trinajstić information content (AvgIpc) is 2.95. The summed E-state index contributed by atoms with van der Waals surface area (Å²) in [6.45, 7) is 0. The zero-order chi connectivity index (χ0) is 15.3. The number of benzene rings is 2. The Morgan fingerprint density at radius 1 is 0.955 bits per heavy atom. The minimum atomic E-state index is 0.235. The molecule has 4 rings (SSSR count). The zero-order valence-electron chi connectivity index (χ0n) is 11.7. The smallest absolute Gasteiger partial charge is 0.0553 e. The number of hydrogen-bond donors (Lipinski definition) is 1. The fourth-order valence-corrected chi connectivity index (χ4v) is 4.39. The summed E-state index contributed by atoms with van der Waals surface area (Å²) in [5.41, 5.74) is 3.44. The molecule has 3 unspecified atom stereocenters. The fourth-order valence-electron chi connectivity index (χ4n) is 3.64. The van der Waals surface area contributed by atoms with Crippen LogP contribution in [0, 0.1) is 5.92 Å². The van der Waals surface area contributed by atoms with Gasteiger partial charge in [-0.05, 0) is 42.2 Å². The van der Waals surface area contributed by atoms with Crippen molar-refractivity contribution >= 4 is 40.5 Å². The molecule has 1 aliphatic heterocycles. The summed E-state index contributed by atoms with van der Waals surface area (Å²) in [5.74, 6) is 0.800. The number of rotatable bonds is 1. The molecule has 0 spiro atoms. The first-order valence-electron chi connectivity index (χ1n) is 7.31. The third kappa shape index (κ3) is 2.32. The molecule has 2 aliphatic rings. The molecule has 0 aromatic heterocycles. The van der Waals surface area contributed by atoms with Gasteiger partial charge in [-0.15, -0.1) is 0 Å². The number of halogens is 3. The molecule has 0 fully saturated rings. The van der Waals surface area contributed by atoms with Gasteiger partial charge in [0.1, 0.15) is 0 Å². The van der Waals surface area contributed by atoms with Crippen molar-refractivity contribution in [3.05, 3.63) is 74.7 Å². The zero-order valence-corrected chi connectivity index (χ0v) is 14.0. The van der Waals surface area contributed by atoms with Crippen molar-refractivity contribution in [2.24, 2.45) is 5.92 Å². The van der Waals surface area contributed by atoms with Crippen molar-refractivity contribution in [2.75, 3.05) is 5.32 Å². The van der Waals surface area contributed by atoms with Crippen LogP contribution in [-0.4, -0.2) is 0 Å². The Hall–Kier alpha value is -1.15. The monoisotopic (exact) mass is 349 g/mol. The van der Waals surface area contributed by atoms with Gasteiger partial charge in [0.15, 0.2) is 0 Å². The Kier molecular flexibility index (Phi) is 3.60. The molecule has 0 saturated carbocycles. The van der Waals surface area contributed by atoms with E-state index in [4.69, 9.17) is 34.8 Å². The molecule has 4 heteroatoms. The van der Waals surface area contributed by atoms with Crippen molar-refractivity contribution in [3.8, 4) is 0 Å². The maximum Gasteiger partial charge on any atom is 0.0553 e. The first kappa shape index (κ1) is 14.4. The van der Waals surface area contributed by atoms with Crippen LogP contribution in [0.3, 0.4) is 0 Å². The van der Waals surface area contributed by atoms with E-state index in [0.717, 1.165) is 27.7 Å². The van der Waals surface area contributed by atoms with Gasteiger partial charge in [-0.3, -0.25) is 0 Å². The Bertz CT molecular complexity index is 752. The van der Waals surface area contributed by atoms with E-state index in [9.17, 15) is 0 Å². The summed E-state index contributed by atoms with van der Waals surface area (Å²) in [6, 6.07) is 12.1. The fraction of sp³-hybridized carbons (Fsp3) is 0.222. The van der Waals surface area contributed by atoms with Crippen LogP contribution in [0.4, 0.5) is 5.69 Å². The normalized spacial score (nSPS) is 25.5. The number of anilines is 1. The molecule has 22 heavy (non-hydrogen) atoms. The van der Waals surface area contributed by atoms with Gasteiger partial charge in [-0.1, -0.05) is 59.1 Å². The van der Waals surface area contributed by atoms with Gasteiger partial charge < -0.3 is 5.32 Å². The van der Waals surface area contributed by atoms with E-state index in [-0.39, 0.29) is 6.04 Å². The first-order chi connectivity index (χ1) is 10.6. The number of allylic oxidation sites excluding steroid dienone is 2. The van der Waals surface area contributed by atoms with Gasteiger partial charge in [0.25, 0.3) is 0 Å². The van der Waals surface area contributed by atoms with E-state index < -0.39 is 0 Å². The van der Waals surface area contributed by atoms with Gasteiger partial charge in [0.05, 0.1) is 6.04 Å². The molecule has 2 aromatic rings. The van der Waals surface area contributed by atoms with Crippen LogP contribution in [-0.2, 0) is 0 Å². The third-order valence-electron chi connectivity index (χ3n) is 4.61. The largest absolute Gasteiger partial charge is 0.378 e. The second-order valence-electron chi connectivity index (χ2n) is 5.88. The molecular weight excluding hydrogens is 337 g/mol. The van der Waals surface area contributed by atoms with Crippen LogP contribution in [0.1, 0.15) is 29.5 Å². The van der Waals surface area contributed by atoms with Crippen molar-refractivity contribution in [1.29, 1.82) is 0 Å². The molecule has 1 aliphatic carbocycles. The lowest BCUT2D eigenvalue weighted by atomic mass is 9.77. The van der Waals surface area contributed by atoms with E-state index >= 15 is 0 Å². The topological polar surface area (TPSA) is 12.0 Å². The van der Waals surface area contributed by atoms with Crippen molar-refractivity contribution < 1.29 is 0 Å². The lowest BCUT2D eigenvalue weighted by Crippen LogP contribution is -2.29. The summed E-state index contributed by atoms with van der Waals surface area (Å²) >= 11 is 18.6. The van der Waals surface area contributed by atoms with Gasteiger partial charge in [-0.25, -0.2) is 0 Å². The molecule has 0 saturated heterocycles. The maximum atomic E-state index is 6.45. The van der Waals surface area contributed by atoms with E-state index in [0.29, 0.717) is 16.9 Å². The third-order valence-corrected chi connectivity index (χ3v) is 5.39. The molecule has 1 heterocycles. The van der Waals surface area contributed by atoms with E-state index in [2.05, 4.69) is 29.6 Å². The molecule has 2 aromatic carbocycles. The summed E-state index contributed by atoms with van der Waals surface area (Å²) in [6.07, 6.45) is 5.57. The minimum absolute atomic E-state index is 0.235. The Balaban J connectivity index is 1.82. The van der Waals surface area contributed by atoms with Crippen molar-refractivity contribution in [2.45, 2.75) is 18.4 Å². The molecule has 1 nitrogen and oxygen atoms in total. The number of nitrogens with one attached hydrogen (secondary N) is 1. The standard InChI is InChI=1S/C18H14Cl3N/c19-11-6-4-10(5-7-11)18-14-3-1-2-13(14)17-15(21)8-12(20)9-16(17)22-18/h1-2,4-9,13-14,18,22H,3H2. The highest BCUT2D eigenvalue weighted by molar-refractivity contribution is 6.35. The Morgan fingerprint density at radius 2 is 1.73 bits per heavy atom. The molecular formula is C18H14Cl3N. The number of hydrogen-bond acceptors (Lipinski definition) is 1. The van der Waals surface area contributed by atoms with Crippen LogP contribution >= 0.6 is 34.8 Å². The summed E-state index contributed by atoms with van der Waals surface area (Å²) < 4.78 is 0. The number of fused-ring (bicyclic) bond motifs is 3. The summed E-state index contributed by atoms with van der Waals surface area (Å²) in [5, 5.41) is 5.79. The SMILES string of the molecule is Clc1ccc(C2Nc3cc(Cl)cc(Cl)c3C3C=CCC32)cc1. The van der Waals surface area contributed by atoms with Gasteiger partial charge in [0, 0.05) is 32.2 Å².